The molecule has 8 nitrogen and oxygen atoms in total. The standard InChI is InChI=1S/C24H24N4O4S/c1-24(2,3)18-12-16-11-17(15-5-7-19(8-6-15)27-33(4,31)32)14-25-22(16)20(13-18)28-10-9-21(29)26-23(28)30/h5-14,27H,1-4H3,(H,26,29,30). The third kappa shape index (κ3) is 4.88. The second kappa shape index (κ2) is 8.00. The zero-order valence-corrected chi connectivity index (χ0v) is 19.5. The van der Waals surface area contributed by atoms with Gasteiger partial charge in [-0.3, -0.25) is 24.1 Å². The summed E-state index contributed by atoms with van der Waals surface area (Å²) in [5.41, 5.74) is 3.22. The van der Waals surface area contributed by atoms with Crippen molar-refractivity contribution in [2.45, 2.75) is 26.2 Å². The number of nitrogens with zero attached hydrogens (tertiary/aromatic N) is 2. The average molecular weight is 465 g/mol. The van der Waals surface area contributed by atoms with E-state index in [0.29, 0.717) is 16.9 Å². The Labute approximate surface area is 191 Å². The molecule has 2 N–H and O–H groups in total. The maximum atomic E-state index is 12.5. The molecule has 2 aromatic heterocycles. The average Bonchev–Trinajstić information content (AvgIpc) is 2.71. The predicted molar refractivity (Wildman–Crippen MR) is 131 cm³/mol. The van der Waals surface area contributed by atoms with Crippen molar-refractivity contribution in [3.8, 4) is 16.8 Å². The van der Waals surface area contributed by atoms with Gasteiger partial charge in [-0.05, 0) is 46.9 Å². The van der Waals surface area contributed by atoms with Crippen molar-refractivity contribution in [1.29, 1.82) is 0 Å². The minimum absolute atomic E-state index is 0.191. The fourth-order valence-electron chi connectivity index (χ4n) is 3.56. The molecule has 170 valence electrons. The fraction of sp³-hybridized carbons (Fsp3) is 0.208. The summed E-state index contributed by atoms with van der Waals surface area (Å²) in [4.78, 5) is 31.0. The number of nitrogens with one attached hydrogen (secondary N) is 2. The Morgan fingerprint density at radius 2 is 1.67 bits per heavy atom. The van der Waals surface area contributed by atoms with Gasteiger partial charge in [0, 0.05) is 35.1 Å². The van der Waals surface area contributed by atoms with Crippen LogP contribution in [0.4, 0.5) is 5.69 Å². The SMILES string of the molecule is CC(C)(C)c1cc(-n2ccc(=O)[nH]c2=O)c2ncc(-c3ccc(NS(C)(=O)=O)cc3)cc2c1. The molecule has 2 aromatic carbocycles. The molecule has 0 radical (unpaired) electrons. The van der Waals surface area contributed by atoms with E-state index < -0.39 is 21.3 Å². The van der Waals surface area contributed by atoms with Gasteiger partial charge in [0.25, 0.3) is 5.56 Å². The molecule has 0 bridgehead atoms. The summed E-state index contributed by atoms with van der Waals surface area (Å²) in [5, 5.41) is 0.839. The zero-order chi connectivity index (χ0) is 24.0. The monoisotopic (exact) mass is 464 g/mol. The third-order valence-corrected chi connectivity index (χ3v) is 5.84. The van der Waals surface area contributed by atoms with Crippen LogP contribution in [-0.2, 0) is 15.4 Å². The van der Waals surface area contributed by atoms with E-state index in [-0.39, 0.29) is 5.41 Å². The van der Waals surface area contributed by atoms with Crippen molar-refractivity contribution in [2.75, 3.05) is 11.0 Å². The molecule has 0 amide bonds. The van der Waals surface area contributed by atoms with Gasteiger partial charge in [-0.15, -0.1) is 0 Å². The highest BCUT2D eigenvalue weighted by atomic mass is 32.2. The minimum Gasteiger partial charge on any atom is -0.284 e. The van der Waals surface area contributed by atoms with E-state index in [1.54, 1.807) is 18.3 Å². The van der Waals surface area contributed by atoms with Crippen LogP contribution in [0, 0.1) is 0 Å². The lowest BCUT2D eigenvalue weighted by Gasteiger charge is -2.21. The van der Waals surface area contributed by atoms with Crippen molar-refractivity contribution in [2.24, 2.45) is 0 Å². The second-order valence-corrected chi connectivity index (χ2v) is 10.7. The van der Waals surface area contributed by atoms with E-state index in [2.05, 4.69) is 35.5 Å². The number of H-pyrrole nitrogens is 1. The number of rotatable bonds is 4. The molecule has 4 rings (SSSR count). The number of aromatic nitrogens is 3. The minimum atomic E-state index is -3.35. The summed E-state index contributed by atoms with van der Waals surface area (Å²) in [5.74, 6) is 0. The van der Waals surface area contributed by atoms with Gasteiger partial charge in [-0.2, -0.15) is 0 Å². The van der Waals surface area contributed by atoms with Gasteiger partial charge in [0.1, 0.15) is 0 Å². The lowest BCUT2D eigenvalue weighted by Crippen LogP contribution is -2.28. The summed E-state index contributed by atoms with van der Waals surface area (Å²) >= 11 is 0. The Balaban J connectivity index is 1.88. The van der Waals surface area contributed by atoms with Crippen LogP contribution in [0.3, 0.4) is 0 Å². The second-order valence-electron chi connectivity index (χ2n) is 8.97. The molecule has 0 aliphatic heterocycles. The largest absolute Gasteiger partial charge is 0.332 e. The van der Waals surface area contributed by atoms with E-state index in [0.717, 1.165) is 28.3 Å². The van der Waals surface area contributed by atoms with Gasteiger partial charge < -0.3 is 0 Å². The lowest BCUT2D eigenvalue weighted by atomic mass is 9.85. The number of fused-ring (bicyclic) bond motifs is 1. The number of sulfonamides is 1. The first-order valence-corrected chi connectivity index (χ1v) is 12.1. The molecule has 2 heterocycles. The number of hydrogen-bond acceptors (Lipinski definition) is 5. The van der Waals surface area contributed by atoms with Crippen molar-refractivity contribution in [1.82, 2.24) is 14.5 Å². The van der Waals surface area contributed by atoms with Gasteiger partial charge in [-0.1, -0.05) is 32.9 Å². The van der Waals surface area contributed by atoms with Crippen LogP contribution in [0.2, 0.25) is 0 Å². The number of hydrogen-bond donors (Lipinski definition) is 2. The molecule has 4 aromatic rings. The number of benzene rings is 2. The normalized spacial score (nSPS) is 12.1. The summed E-state index contributed by atoms with van der Waals surface area (Å²) in [6.07, 6.45) is 4.26. The highest BCUT2D eigenvalue weighted by Gasteiger charge is 2.18. The molecule has 0 spiro atoms. The fourth-order valence-corrected chi connectivity index (χ4v) is 4.12. The molecule has 0 fully saturated rings. The number of anilines is 1. The van der Waals surface area contributed by atoms with E-state index in [1.165, 1.54) is 16.8 Å². The Bertz CT molecular complexity index is 1580. The molecule has 0 atom stereocenters. The zero-order valence-electron chi connectivity index (χ0n) is 18.7. The molecular formula is C24H24N4O4S. The predicted octanol–water partition coefficient (Wildman–Crippen LogP) is 3.41. The summed E-state index contributed by atoms with van der Waals surface area (Å²) < 4.78 is 26.7. The summed E-state index contributed by atoms with van der Waals surface area (Å²) in [7, 11) is -3.35. The third-order valence-electron chi connectivity index (χ3n) is 5.23. The summed E-state index contributed by atoms with van der Waals surface area (Å²) in [6, 6.07) is 14.3. The van der Waals surface area contributed by atoms with Crippen LogP contribution in [0.25, 0.3) is 27.7 Å². The van der Waals surface area contributed by atoms with E-state index in [9.17, 15) is 18.0 Å². The maximum Gasteiger partial charge on any atom is 0.332 e. The van der Waals surface area contributed by atoms with Crippen LogP contribution in [0.5, 0.6) is 0 Å². The van der Waals surface area contributed by atoms with Crippen LogP contribution in [-0.4, -0.2) is 29.2 Å². The molecule has 9 heteroatoms. The molecule has 0 saturated heterocycles. The quantitative estimate of drug-likeness (QED) is 0.480. The van der Waals surface area contributed by atoms with Crippen LogP contribution in [0.1, 0.15) is 26.3 Å². The number of aromatic amines is 1. The highest BCUT2D eigenvalue weighted by molar-refractivity contribution is 7.92. The van der Waals surface area contributed by atoms with Crippen LogP contribution in [0.15, 0.2) is 70.5 Å². The molecular weight excluding hydrogens is 440 g/mol. The Kier molecular flexibility index (Phi) is 5.45. The Morgan fingerprint density at radius 1 is 0.970 bits per heavy atom. The van der Waals surface area contributed by atoms with Gasteiger partial charge >= 0.3 is 5.69 Å². The maximum absolute atomic E-state index is 12.5. The lowest BCUT2D eigenvalue weighted by molar-refractivity contribution is 0.590. The highest BCUT2D eigenvalue weighted by Crippen LogP contribution is 2.32. The molecule has 0 aliphatic carbocycles. The molecule has 0 saturated carbocycles. The smallest absolute Gasteiger partial charge is 0.284 e. The van der Waals surface area contributed by atoms with Crippen molar-refractivity contribution < 1.29 is 8.42 Å². The first kappa shape index (κ1) is 22.5. The Hall–Kier alpha value is -3.72. The summed E-state index contributed by atoms with van der Waals surface area (Å²) in [6.45, 7) is 6.25. The van der Waals surface area contributed by atoms with Crippen LogP contribution < -0.4 is 16.0 Å². The van der Waals surface area contributed by atoms with Gasteiger partial charge in [0.15, 0.2) is 0 Å². The van der Waals surface area contributed by atoms with Crippen molar-refractivity contribution >= 4 is 26.6 Å². The molecule has 0 aliphatic rings. The van der Waals surface area contributed by atoms with E-state index >= 15 is 0 Å². The van der Waals surface area contributed by atoms with Gasteiger partial charge in [0.2, 0.25) is 10.0 Å². The first-order chi connectivity index (χ1) is 15.4. The van der Waals surface area contributed by atoms with E-state index in [4.69, 9.17) is 0 Å². The topological polar surface area (TPSA) is 114 Å². The van der Waals surface area contributed by atoms with E-state index in [1.807, 2.05) is 30.3 Å². The Morgan fingerprint density at radius 3 is 2.27 bits per heavy atom. The molecule has 33 heavy (non-hydrogen) atoms. The van der Waals surface area contributed by atoms with Crippen molar-refractivity contribution in [3.63, 3.8) is 0 Å². The van der Waals surface area contributed by atoms with Gasteiger partial charge in [-0.25, -0.2) is 13.2 Å². The van der Waals surface area contributed by atoms with Gasteiger partial charge in [0.05, 0.1) is 17.5 Å². The molecule has 0 unspecified atom stereocenters. The van der Waals surface area contributed by atoms with Crippen LogP contribution >= 0.6 is 0 Å². The number of pyridine rings is 1. The first-order valence-electron chi connectivity index (χ1n) is 10.3. The van der Waals surface area contributed by atoms with Crippen molar-refractivity contribution in [3.05, 3.63) is 87.3 Å².